The normalized spacial score (nSPS) is 22.6. The topological polar surface area (TPSA) is 41.6 Å². The van der Waals surface area contributed by atoms with Crippen molar-refractivity contribution < 1.29 is 22.7 Å². The lowest BCUT2D eigenvalue weighted by Gasteiger charge is -2.34. The van der Waals surface area contributed by atoms with Crippen molar-refractivity contribution in [2.75, 3.05) is 19.6 Å². The van der Waals surface area contributed by atoms with Crippen molar-refractivity contribution in [3.63, 3.8) is 0 Å². The maximum absolute atomic E-state index is 13.8. The van der Waals surface area contributed by atoms with Crippen molar-refractivity contribution in [1.82, 2.24) is 10.2 Å². The minimum Gasteiger partial charge on any atom is -0.487 e. The van der Waals surface area contributed by atoms with E-state index in [0.717, 1.165) is 75.5 Å². The molecule has 1 aromatic carbocycles. The standard InChI is InChI=1S/C24H29F3N2O2S/c25-19-14-21(27)22(15-20(19)26)31-18-8-11-29(12-9-18)10-7-16-3-5-17(6-4-16)28-24(30)23-2-1-13-32-23/h1-2,13-18H,3-12H2,(H,28,30)/t16-,17-. The first-order chi connectivity index (χ1) is 15.5. The summed E-state index contributed by atoms with van der Waals surface area (Å²) in [6.45, 7) is 2.72. The number of nitrogens with one attached hydrogen (secondary N) is 1. The van der Waals surface area contributed by atoms with Crippen LogP contribution in [0.3, 0.4) is 0 Å². The molecule has 0 atom stereocenters. The molecule has 1 N–H and O–H groups in total. The third-order valence-electron chi connectivity index (χ3n) is 6.58. The highest BCUT2D eigenvalue weighted by Crippen LogP contribution is 2.29. The van der Waals surface area contributed by atoms with E-state index < -0.39 is 17.5 Å². The van der Waals surface area contributed by atoms with E-state index in [2.05, 4.69) is 10.2 Å². The molecule has 2 heterocycles. The van der Waals surface area contributed by atoms with Crippen molar-refractivity contribution >= 4 is 17.2 Å². The van der Waals surface area contributed by atoms with Crippen molar-refractivity contribution in [3.8, 4) is 5.75 Å². The lowest BCUT2D eigenvalue weighted by molar-refractivity contribution is 0.0886. The van der Waals surface area contributed by atoms with Crippen LogP contribution in [0.15, 0.2) is 29.6 Å². The zero-order valence-corrected chi connectivity index (χ0v) is 18.8. The number of nitrogens with zero attached hydrogens (tertiary/aromatic N) is 1. The molecule has 0 radical (unpaired) electrons. The Morgan fingerprint density at radius 1 is 1.03 bits per heavy atom. The van der Waals surface area contributed by atoms with Gasteiger partial charge in [0.05, 0.1) is 4.88 Å². The number of rotatable bonds is 7. The number of benzene rings is 1. The first kappa shape index (κ1) is 23.1. The largest absolute Gasteiger partial charge is 0.487 e. The van der Waals surface area contributed by atoms with Gasteiger partial charge in [0.1, 0.15) is 6.10 Å². The Morgan fingerprint density at radius 2 is 1.75 bits per heavy atom. The predicted molar refractivity (Wildman–Crippen MR) is 119 cm³/mol. The van der Waals surface area contributed by atoms with Gasteiger partial charge in [0.15, 0.2) is 23.2 Å². The molecule has 32 heavy (non-hydrogen) atoms. The van der Waals surface area contributed by atoms with Crippen LogP contribution < -0.4 is 10.1 Å². The van der Waals surface area contributed by atoms with Crippen molar-refractivity contribution in [3.05, 3.63) is 52.0 Å². The Labute approximate surface area is 190 Å². The van der Waals surface area contributed by atoms with Crippen LogP contribution in [0.25, 0.3) is 0 Å². The van der Waals surface area contributed by atoms with Crippen LogP contribution in [0.2, 0.25) is 0 Å². The van der Waals surface area contributed by atoms with Gasteiger partial charge in [0.25, 0.3) is 5.91 Å². The molecule has 2 fully saturated rings. The summed E-state index contributed by atoms with van der Waals surface area (Å²) in [6.07, 6.45) is 6.73. The molecule has 8 heteroatoms. The van der Waals surface area contributed by atoms with E-state index in [1.165, 1.54) is 11.3 Å². The molecule has 1 aliphatic carbocycles. The molecule has 1 saturated heterocycles. The molecule has 1 aliphatic heterocycles. The summed E-state index contributed by atoms with van der Waals surface area (Å²) in [7, 11) is 0. The molecule has 4 nitrogen and oxygen atoms in total. The Balaban J connectivity index is 1.13. The average molecular weight is 467 g/mol. The summed E-state index contributed by atoms with van der Waals surface area (Å²) in [5, 5.41) is 5.08. The summed E-state index contributed by atoms with van der Waals surface area (Å²) in [5.74, 6) is -2.67. The van der Waals surface area contributed by atoms with Crippen LogP contribution in [0.4, 0.5) is 13.2 Å². The van der Waals surface area contributed by atoms with Gasteiger partial charge < -0.3 is 15.0 Å². The molecule has 174 valence electrons. The van der Waals surface area contributed by atoms with Gasteiger partial charge in [0, 0.05) is 31.3 Å². The van der Waals surface area contributed by atoms with Gasteiger partial charge in [-0.2, -0.15) is 0 Å². The van der Waals surface area contributed by atoms with Gasteiger partial charge >= 0.3 is 0 Å². The van der Waals surface area contributed by atoms with Gasteiger partial charge in [-0.1, -0.05) is 6.07 Å². The first-order valence-electron chi connectivity index (χ1n) is 11.4. The Bertz CT molecular complexity index is 893. The zero-order valence-electron chi connectivity index (χ0n) is 18.0. The van der Waals surface area contributed by atoms with Crippen molar-refractivity contribution in [2.45, 2.75) is 57.1 Å². The van der Waals surface area contributed by atoms with Gasteiger partial charge in [-0.15, -0.1) is 11.3 Å². The maximum atomic E-state index is 13.8. The number of piperidine rings is 1. The molecule has 1 amide bonds. The minimum atomic E-state index is -1.21. The summed E-state index contributed by atoms with van der Waals surface area (Å²) in [4.78, 5) is 15.4. The Morgan fingerprint density at radius 3 is 2.44 bits per heavy atom. The molecule has 2 aromatic rings. The number of likely N-dealkylation sites (tertiary alicyclic amines) is 1. The van der Waals surface area contributed by atoms with Crippen LogP contribution in [-0.2, 0) is 0 Å². The molecule has 0 bridgehead atoms. The van der Waals surface area contributed by atoms with Crippen LogP contribution >= 0.6 is 11.3 Å². The summed E-state index contributed by atoms with van der Waals surface area (Å²) >= 11 is 1.47. The van der Waals surface area contributed by atoms with Gasteiger partial charge in [-0.25, -0.2) is 13.2 Å². The Hall–Kier alpha value is -2.06. The van der Waals surface area contributed by atoms with Crippen molar-refractivity contribution in [1.29, 1.82) is 0 Å². The second-order valence-corrected chi connectivity index (χ2v) is 9.76. The molecule has 4 rings (SSSR count). The second kappa shape index (κ2) is 10.7. The SMILES string of the molecule is O=C(N[C@H]1CC[C@H](CCN2CCC(Oc3cc(F)c(F)cc3F)CC2)CC1)c1cccs1. The summed E-state index contributed by atoms with van der Waals surface area (Å²) in [5.41, 5.74) is 0. The monoisotopic (exact) mass is 466 g/mol. The van der Waals surface area contributed by atoms with Gasteiger partial charge in [0.2, 0.25) is 0 Å². The lowest BCUT2D eigenvalue weighted by atomic mass is 9.84. The molecular weight excluding hydrogens is 437 g/mol. The fourth-order valence-corrected chi connectivity index (χ4v) is 5.28. The highest BCUT2D eigenvalue weighted by atomic mass is 32.1. The second-order valence-electron chi connectivity index (χ2n) is 8.81. The van der Waals surface area contributed by atoms with E-state index >= 15 is 0 Å². The molecule has 2 aliphatic rings. The highest BCUT2D eigenvalue weighted by molar-refractivity contribution is 7.12. The fourth-order valence-electron chi connectivity index (χ4n) is 4.65. The Kier molecular flexibility index (Phi) is 7.73. The van der Waals surface area contributed by atoms with E-state index in [1.807, 2.05) is 17.5 Å². The summed E-state index contributed by atoms with van der Waals surface area (Å²) in [6, 6.07) is 5.34. The van der Waals surface area contributed by atoms with Crippen LogP contribution in [0.5, 0.6) is 5.75 Å². The lowest BCUT2D eigenvalue weighted by Crippen LogP contribution is -2.40. The number of hydrogen-bond donors (Lipinski definition) is 1. The summed E-state index contributed by atoms with van der Waals surface area (Å²) < 4.78 is 45.8. The first-order valence-corrected chi connectivity index (χ1v) is 12.2. The maximum Gasteiger partial charge on any atom is 0.261 e. The number of carbonyl (C=O) groups is 1. The molecular formula is C24H29F3N2O2S. The third-order valence-corrected chi connectivity index (χ3v) is 7.45. The van der Waals surface area contributed by atoms with E-state index in [-0.39, 0.29) is 23.8 Å². The molecule has 1 saturated carbocycles. The molecule has 0 spiro atoms. The van der Waals surface area contributed by atoms with Crippen LogP contribution in [-0.4, -0.2) is 42.6 Å². The van der Waals surface area contributed by atoms with E-state index in [1.54, 1.807) is 0 Å². The van der Waals surface area contributed by atoms with E-state index in [4.69, 9.17) is 4.74 Å². The van der Waals surface area contributed by atoms with E-state index in [0.29, 0.717) is 12.0 Å². The third kappa shape index (κ3) is 6.04. The number of halogens is 3. The van der Waals surface area contributed by atoms with E-state index in [9.17, 15) is 18.0 Å². The van der Waals surface area contributed by atoms with Crippen LogP contribution in [0, 0.1) is 23.4 Å². The van der Waals surface area contributed by atoms with Crippen LogP contribution in [0.1, 0.15) is 54.6 Å². The van der Waals surface area contributed by atoms with Gasteiger partial charge in [-0.3, -0.25) is 4.79 Å². The van der Waals surface area contributed by atoms with Gasteiger partial charge in [-0.05, 0) is 68.9 Å². The number of amides is 1. The minimum absolute atomic E-state index is 0.0387. The molecule has 0 unspecified atom stereocenters. The predicted octanol–water partition coefficient (Wildman–Crippen LogP) is 5.39. The number of hydrogen-bond acceptors (Lipinski definition) is 4. The number of carbonyl (C=O) groups excluding carboxylic acids is 1. The van der Waals surface area contributed by atoms with Crippen molar-refractivity contribution in [2.24, 2.45) is 5.92 Å². The quantitative estimate of drug-likeness (QED) is 0.557. The number of thiophene rings is 1. The highest BCUT2D eigenvalue weighted by Gasteiger charge is 2.26. The smallest absolute Gasteiger partial charge is 0.261 e. The molecule has 1 aromatic heterocycles. The zero-order chi connectivity index (χ0) is 22.5. The fraction of sp³-hybridized carbons (Fsp3) is 0.542. The number of ether oxygens (including phenoxy) is 1. The average Bonchev–Trinajstić information content (AvgIpc) is 3.33.